The van der Waals surface area contributed by atoms with Crippen molar-refractivity contribution in [1.82, 2.24) is 0 Å². The van der Waals surface area contributed by atoms with Gasteiger partial charge in [0.1, 0.15) is 0 Å². The average Bonchev–Trinajstić information content (AvgIpc) is 2.93. The van der Waals surface area contributed by atoms with Gasteiger partial charge in [0, 0.05) is 19.0 Å². The Bertz CT molecular complexity index is 432. The Hall–Kier alpha value is -1.12. The Morgan fingerprint density at radius 3 is 2.79 bits per heavy atom. The zero-order chi connectivity index (χ0) is 9.71. The van der Waals surface area contributed by atoms with Gasteiger partial charge in [0.05, 0.1) is 0 Å². The van der Waals surface area contributed by atoms with E-state index in [9.17, 15) is 0 Å². The highest BCUT2D eigenvalue weighted by molar-refractivity contribution is 5.85. The Morgan fingerprint density at radius 2 is 2.07 bits per heavy atom. The van der Waals surface area contributed by atoms with Gasteiger partial charge in [-0.25, -0.2) is 0 Å². The van der Waals surface area contributed by atoms with Crippen LogP contribution in [0.15, 0.2) is 23.8 Å². The molecule has 1 aromatic carbocycles. The summed E-state index contributed by atoms with van der Waals surface area (Å²) >= 11 is 0. The molecule has 1 unspecified atom stereocenters. The van der Waals surface area contributed by atoms with E-state index in [-0.39, 0.29) is 0 Å². The zero-order valence-electron chi connectivity index (χ0n) is 8.09. The second-order valence-corrected chi connectivity index (χ2v) is 4.05. The second-order valence-electron chi connectivity index (χ2n) is 4.05. The van der Waals surface area contributed by atoms with E-state index in [0.717, 1.165) is 0 Å². The predicted octanol–water partition coefficient (Wildman–Crippen LogP) is 1.36. The summed E-state index contributed by atoms with van der Waals surface area (Å²) in [6.07, 6.45) is 1.22. The van der Waals surface area contributed by atoms with Crippen LogP contribution in [0.4, 0.5) is 0 Å². The zero-order valence-corrected chi connectivity index (χ0v) is 8.09. The van der Waals surface area contributed by atoms with E-state index in [0.29, 0.717) is 19.0 Å². The fourth-order valence-corrected chi connectivity index (χ4v) is 2.65. The Labute approximate surface area is 83.6 Å². The molecule has 4 N–H and O–H groups in total. The predicted molar refractivity (Wildman–Crippen MR) is 57.7 cm³/mol. The molecule has 1 atom stereocenters. The normalized spacial score (nSPS) is 22.3. The van der Waals surface area contributed by atoms with Gasteiger partial charge in [0.15, 0.2) is 0 Å². The van der Waals surface area contributed by atoms with Crippen molar-refractivity contribution in [2.45, 2.75) is 18.9 Å². The third-order valence-electron chi connectivity index (χ3n) is 3.37. The summed E-state index contributed by atoms with van der Waals surface area (Å²) in [7, 11) is 0. The van der Waals surface area contributed by atoms with Gasteiger partial charge in [-0.3, -0.25) is 0 Å². The number of fused-ring (bicyclic) bond motifs is 3. The molecule has 2 heteroatoms. The van der Waals surface area contributed by atoms with Crippen molar-refractivity contribution in [2.24, 2.45) is 11.5 Å². The molecule has 0 amide bonds. The number of nitrogens with two attached hydrogens (primary N) is 2. The quantitative estimate of drug-likeness (QED) is 0.732. The minimum Gasteiger partial charge on any atom is -0.326 e. The highest BCUT2D eigenvalue weighted by Gasteiger charge is 2.42. The van der Waals surface area contributed by atoms with E-state index in [2.05, 4.69) is 18.2 Å². The van der Waals surface area contributed by atoms with Crippen LogP contribution < -0.4 is 11.5 Å². The summed E-state index contributed by atoms with van der Waals surface area (Å²) in [6.45, 7) is 1.32. The summed E-state index contributed by atoms with van der Waals surface area (Å²) in [5.41, 5.74) is 18.6. The second kappa shape index (κ2) is 2.69. The maximum atomic E-state index is 5.77. The SMILES string of the molecule is NCC1=C2CC2c2c(CN)cccc21. The lowest BCUT2D eigenvalue weighted by molar-refractivity contribution is 1.01. The van der Waals surface area contributed by atoms with Crippen molar-refractivity contribution in [1.29, 1.82) is 0 Å². The van der Waals surface area contributed by atoms with Crippen LogP contribution in [0, 0.1) is 0 Å². The van der Waals surface area contributed by atoms with Gasteiger partial charge in [-0.2, -0.15) is 0 Å². The van der Waals surface area contributed by atoms with E-state index in [1.165, 1.54) is 28.7 Å². The standard InChI is InChI=1S/C12H14N2/c13-5-7-2-1-3-8-11(6-14)9-4-10(9)12(7)8/h1-3,10H,4-6,13-14H2. The number of benzene rings is 1. The molecule has 0 spiro atoms. The van der Waals surface area contributed by atoms with Crippen LogP contribution in [0.3, 0.4) is 0 Å². The number of hydrogen-bond acceptors (Lipinski definition) is 2. The molecular formula is C12H14N2. The first-order chi connectivity index (χ1) is 6.86. The molecule has 2 nitrogen and oxygen atoms in total. The van der Waals surface area contributed by atoms with Crippen LogP contribution >= 0.6 is 0 Å². The summed E-state index contributed by atoms with van der Waals surface area (Å²) in [4.78, 5) is 0. The molecule has 0 aromatic heterocycles. The first-order valence-corrected chi connectivity index (χ1v) is 5.11. The van der Waals surface area contributed by atoms with Crippen molar-refractivity contribution in [3.63, 3.8) is 0 Å². The van der Waals surface area contributed by atoms with Crippen molar-refractivity contribution in [3.05, 3.63) is 40.5 Å². The minimum absolute atomic E-state index is 0.644. The Morgan fingerprint density at radius 1 is 1.21 bits per heavy atom. The number of allylic oxidation sites excluding steroid dienone is 1. The van der Waals surface area contributed by atoms with Crippen molar-refractivity contribution >= 4 is 5.57 Å². The van der Waals surface area contributed by atoms with Crippen LogP contribution in [-0.4, -0.2) is 6.54 Å². The van der Waals surface area contributed by atoms with Gasteiger partial charge in [-0.1, -0.05) is 23.8 Å². The fourth-order valence-electron chi connectivity index (χ4n) is 2.65. The molecule has 0 saturated heterocycles. The van der Waals surface area contributed by atoms with Crippen molar-refractivity contribution < 1.29 is 0 Å². The molecule has 1 aromatic rings. The van der Waals surface area contributed by atoms with Gasteiger partial charge >= 0.3 is 0 Å². The third kappa shape index (κ3) is 0.873. The summed E-state index contributed by atoms with van der Waals surface area (Å²) < 4.78 is 0. The van der Waals surface area contributed by atoms with Crippen molar-refractivity contribution in [2.75, 3.05) is 6.54 Å². The van der Waals surface area contributed by atoms with Gasteiger partial charge in [-0.15, -0.1) is 0 Å². The molecule has 0 heterocycles. The molecule has 2 aliphatic carbocycles. The van der Waals surface area contributed by atoms with E-state index in [4.69, 9.17) is 11.5 Å². The summed E-state index contributed by atoms with van der Waals surface area (Å²) in [6, 6.07) is 6.39. The lowest BCUT2D eigenvalue weighted by atomic mass is 9.96. The van der Waals surface area contributed by atoms with E-state index in [1.807, 2.05) is 0 Å². The average molecular weight is 186 g/mol. The summed E-state index contributed by atoms with van der Waals surface area (Å²) in [5, 5.41) is 0. The van der Waals surface area contributed by atoms with Crippen LogP contribution in [0.25, 0.3) is 5.57 Å². The maximum absolute atomic E-state index is 5.77. The molecule has 2 aliphatic rings. The topological polar surface area (TPSA) is 52.0 Å². The lowest BCUT2D eigenvalue weighted by Crippen LogP contribution is -2.05. The molecule has 72 valence electrons. The molecule has 0 radical (unpaired) electrons. The molecule has 0 bridgehead atoms. The van der Waals surface area contributed by atoms with E-state index in [1.54, 1.807) is 5.57 Å². The van der Waals surface area contributed by atoms with Gasteiger partial charge in [-0.05, 0) is 28.7 Å². The highest BCUT2D eigenvalue weighted by atomic mass is 14.6. The third-order valence-corrected chi connectivity index (χ3v) is 3.37. The smallest absolute Gasteiger partial charge is 0.0183 e. The molecule has 1 saturated carbocycles. The molecule has 14 heavy (non-hydrogen) atoms. The largest absolute Gasteiger partial charge is 0.326 e. The van der Waals surface area contributed by atoms with Gasteiger partial charge in [0.25, 0.3) is 0 Å². The van der Waals surface area contributed by atoms with Crippen molar-refractivity contribution in [3.8, 4) is 0 Å². The van der Waals surface area contributed by atoms with Crippen LogP contribution in [0.2, 0.25) is 0 Å². The maximum Gasteiger partial charge on any atom is 0.0183 e. The van der Waals surface area contributed by atoms with E-state index >= 15 is 0 Å². The number of rotatable bonds is 2. The number of hydrogen-bond donors (Lipinski definition) is 2. The Balaban J connectivity index is 2.20. The van der Waals surface area contributed by atoms with E-state index < -0.39 is 0 Å². The molecule has 0 aliphatic heterocycles. The fraction of sp³-hybridized carbons (Fsp3) is 0.333. The molecular weight excluding hydrogens is 172 g/mol. The van der Waals surface area contributed by atoms with Crippen LogP contribution in [-0.2, 0) is 6.54 Å². The molecule has 3 rings (SSSR count). The highest BCUT2D eigenvalue weighted by Crippen LogP contribution is 2.58. The van der Waals surface area contributed by atoms with Crippen LogP contribution in [0.1, 0.15) is 29.0 Å². The first kappa shape index (κ1) is 8.21. The first-order valence-electron chi connectivity index (χ1n) is 5.11. The monoisotopic (exact) mass is 186 g/mol. The van der Waals surface area contributed by atoms with Crippen LogP contribution in [0.5, 0.6) is 0 Å². The lowest BCUT2D eigenvalue weighted by Gasteiger charge is -2.10. The minimum atomic E-state index is 0.644. The Kier molecular flexibility index (Phi) is 1.58. The van der Waals surface area contributed by atoms with Gasteiger partial charge < -0.3 is 11.5 Å². The van der Waals surface area contributed by atoms with Gasteiger partial charge in [0.2, 0.25) is 0 Å². The summed E-state index contributed by atoms with van der Waals surface area (Å²) in [5.74, 6) is 0.670. The molecule has 1 fully saturated rings.